The van der Waals surface area contributed by atoms with Gasteiger partial charge in [0.1, 0.15) is 13.2 Å². The molecule has 2 N–H and O–H groups in total. The first kappa shape index (κ1) is 14.5. The van der Waals surface area contributed by atoms with Gasteiger partial charge in [0.15, 0.2) is 11.5 Å². The lowest BCUT2D eigenvalue weighted by molar-refractivity contribution is 0.171. The maximum atomic E-state index is 5.67. The lowest BCUT2D eigenvalue weighted by Crippen LogP contribution is -2.46. The van der Waals surface area contributed by atoms with E-state index in [9.17, 15) is 0 Å². The molecule has 1 saturated heterocycles. The van der Waals surface area contributed by atoms with Gasteiger partial charge in [-0.25, -0.2) is 0 Å². The first-order valence-corrected chi connectivity index (χ1v) is 7.94. The van der Waals surface area contributed by atoms with Crippen molar-refractivity contribution in [3.05, 3.63) is 18.2 Å². The zero-order valence-electron chi connectivity index (χ0n) is 12.6. The highest BCUT2D eigenvalue weighted by molar-refractivity contribution is 5.57. The summed E-state index contributed by atoms with van der Waals surface area (Å²) in [4.78, 5) is 4.96. The Balaban J connectivity index is 1.54. The van der Waals surface area contributed by atoms with Gasteiger partial charge in [-0.05, 0) is 38.1 Å². The predicted octanol–water partition coefficient (Wildman–Crippen LogP) is 1.32. The Morgan fingerprint density at radius 2 is 1.71 bits per heavy atom. The van der Waals surface area contributed by atoms with Crippen LogP contribution in [-0.4, -0.2) is 57.4 Å². The number of nitrogens with zero attached hydrogens (tertiary/aromatic N) is 2. The van der Waals surface area contributed by atoms with Crippen molar-refractivity contribution in [2.75, 3.05) is 57.4 Å². The summed E-state index contributed by atoms with van der Waals surface area (Å²) in [6, 6.07) is 6.27. The number of ether oxygens (including phenoxy) is 2. The molecule has 0 aliphatic carbocycles. The third-order valence-electron chi connectivity index (χ3n) is 4.19. The minimum atomic E-state index is 0.644. The van der Waals surface area contributed by atoms with Crippen molar-refractivity contribution in [1.82, 2.24) is 4.90 Å². The maximum Gasteiger partial charge on any atom is 0.163 e. The van der Waals surface area contributed by atoms with Crippen LogP contribution in [-0.2, 0) is 0 Å². The van der Waals surface area contributed by atoms with Gasteiger partial charge in [-0.2, -0.15) is 0 Å². The maximum absolute atomic E-state index is 5.67. The van der Waals surface area contributed by atoms with Crippen molar-refractivity contribution < 1.29 is 9.47 Å². The second kappa shape index (κ2) is 7.00. The van der Waals surface area contributed by atoms with Gasteiger partial charge in [0.05, 0.1) is 0 Å². The van der Waals surface area contributed by atoms with E-state index < -0.39 is 0 Å². The molecule has 0 spiro atoms. The van der Waals surface area contributed by atoms with Crippen molar-refractivity contribution >= 4 is 5.69 Å². The van der Waals surface area contributed by atoms with E-state index in [0.717, 1.165) is 50.6 Å². The summed E-state index contributed by atoms with van der Waals surface area (Å²) in [6.07, 6.45) is 2.34. The Hall–Kier alpha value is -1.46. The summed E-state index contributed by atoms with van der Waals surface area (Å²) >= 11 is 0. The minimum Gasteiger partial charge on any atom is -0.486 e. The number of fused-ring (bicyclic) bond motifs is 1. The van der Waals surface area contributed by atoms with Gasteiger partial charge in [-0.15, -0.1) is 0 Å². The number of anilines is 1. The Kier molecular flexibility index (Phi) is 4.83. The summed E-state index contributed by atoms with van der Waals surface area (Å²) < 4.78 is 11.2. The van der Waals surface area contributed by atoms with Gasteiger partial charge < -0.3 is 20.1 Å². The lowest BCUT2D eigenvalue weighted by Gasteiger charge is -2.36. The molecule has 1 aromatic carbocycles. The molecule has 0 amide bonds. The fourth-order valence-corrected chi connectivity index (χ4v) is 2.94. The van der Waals surface area contributed by atoms with Crippen LogP contribution >= 0.6 is 0 Å². The van der Waals surface area contributed by atoms with Crippen molar-refractivity contribution in [1.29, 1.82) is 0 Å². The molecule has 21 heavy (non-hydrogen) atoms. The smallest absolute Gasteiger partial charge is 0.163 e. The zero-order chi connectivity index (χ0) is 14.5. The second-order valence-electron chi connectivity index (χ2n) is 5.65. The fourth-order valence-electron chi connectivity index (χ4n) is 2.94. The van der Waals surface area contributed by atoms with Crippen molar-refractivity contribution in [2.45, 2.75) is 12.8 Å². The number of piperazine rings is 1. The monoisotopic (exact) mass is 291 g/mol. The van der Waals surface area contributed by atoms with Crippen LogP contribution in [0.1, 0.15) is 12.8 Å². The minimum absolute atomic E-state index is 0.644. The molecule has 116 valence electrons. The van der Waals surface area contributed by atoms with E-state index in [4.69, 9.17) is 15.2 Å². The molecule has 2 aliphatic heterocycles. The van der Waals surface area contributed by atoms with Crippen molar-refractivity contribution in [3.8, 4) is 11.5 Å². The Morgan fingerprint density at radius 1 is 0.952 bits per heavy atom. The second-order valence-corrected chi connectivity index (χ2v) is 5.65. The number of benzene rings is 1. The molecule has 0 aromatic heterocycles. The van der Waals surface area contributed by atoms with Gasteiger partial charge in [0.2, 0.25) is 0 Å². The van der Waals surface area contributed by atoms with E-state index in [0.29, 0.717) is 13.2 Å². The van der Waals surface area contributed by atoms with Crippen molar-refractivity contribution in [3.63, 3.8) is 0 Å². The first-order valence-electron chi connectivity index (χ1n) is 7.94. The normalized spacial score (nSPS) is 18.8. The van der Waals surface area contributed by atoms with Gasteiger partial charge in [0.25, 0.3) is 0 Å². The van der Waals surface area contributed by atoms with E-state index >= 15 is 0 Å². The number of unbranched alkanes of at least 4 members (excludes halogenated alkanes) is 1. The fraction of sp³-hybridized carbons (Fsp3) is 0.625. The molecule has 5 heteroatoms. The molecular formula is C16H25N3O2. The molecule has 3 rings (SSSR count). The SMILES string of the molecule is NCCCCN1CCN(c2ccc3c(c2)OCCO3)CC1. The molecule has 2 aliphatic rings. The number of hydrogen-bond donors (Lipinski definition) is 1. The van der Waals surface area contributed by atoms with Crippen LogP contribution in [0.25, 0.3) is 0 Å². The summed E-state index contributed by atoms with van der Waals surface area (Å²) in [5.74, 6) is 1.74. The molecular weight excluding hydrogens is 266 g/mol. The first-order chi connectivity index (χ1) is 10.4. The summed E-state index contributed by atoms with van der Waals surface area (Å²) in [5.41, 5.74) is 6.79. The van der Waals surface area contributed by atoms with E-state index in [1.807, 2.05) is 6.07 Å². The van der Waals surface area contributed by atoms with Crippen LogP contribution in [0.15, 0.2) is 18.2 Å². The number of rotatable bonds is 5. The van der Waals surface area contributed by atoms with Crippen LogP contribution in [0.5, 0.6) is 11.5 Å². The van der Waals surface area contributed by atoms with Crippen LogP contribution in [0.4, 0.5) is 5.69 Å². The standard InChI is InChI=1S/C16H25N3O2/c17-5-1-2-6-18-7-9-19(10-8-18)14-3-4-15-16(13-14)21-12-11-20-15/h3-4,13H,1-2,5-12,17H2. The van der Waals surface area contributed by atoms with Gasteiger partial charge in [0, 0.05) is 37.9 Å². The van der Waals surface area contributed by atoms with E-state index in [2.05, 4.69) is 21.9 Å². The number of nitrogens with two attached hydrogens (primary N) is 1. The third-order valence-corrected chi connectivity index (χ3v) is 4.19. The highest BCUT2D eigenvalue weighted by Gasteiger charge is 2.19. The summed E-state index contributed by atoms with van der Waals surface area (Å²) in [6.45, 7) is 7.66. The van der Waals surface area contributed by atoms with E-state index in [-0.39, 0.29) is 0 Å². The predicted molar refractivity (Wildman–Crippen MR) is 84.4 cm³/mol. The zero-order valence-corrected chi connectivity index (χ0v) is 12.6. The third kappa shape index (κ3) is 3.60. The van der Waals surface area contributed by atoms with Crippen LogP contribution in [0.2, 0.25) is 0 Å². The van der Waals surface area contributed by atoms with Crippen LogP contribution in [0.3, 0.4) is 0 Å². The average molecular weight is 291 g/mol. The molecule has 1 fully saturated rings. The van der Waals surface area contributed by atoms with Crippen LogP contribution < -0.4 is 20.1 Å². The Labute approximate surface area is 126 Å². The molecule has 1 aromatic rings. The highest BCUT2D eigenvalue weighted by atomic mass is 16.6. The molecule has 0 radical (unpaired) electrons. The number of hydrogen-bond acceptors (Lipinski definition) is 5. The Morgan fingerprint density at radius 3 is 2.48 bits per heavy atom. The topological polar surface area (TPSA) is 51.0 Å². The quantitative estimate of drug-likeness (QED) is 0.829. The van der Waals surface area contributed by atoms with Gasteiger partial charge in [-0.3, -0.25) is 4.90 Å². The molecule has 2 heterocycles. The van der Waals surface area contributed by atoms with Crippen molar-refractivity contribution in [2.24, 2.45) is 5.73 Å². The van der Waals surface area contributed by atoms with E-state index in [1.165, 1.54) is 18.7 Å². The highest BCUT2D eigenvalue weighted by Crippen LogP contribution is 2.34. The van der Waals surface area contributed by atoms with E-state index in [1.54, 1.807) is 0 Å². The Bertz CT molecular complexity index is 459. The van der Waals surface area contributed by atoms with Gasteiger partial charge in [-0.1, -0.05) is 0 Å². The molecule has 0 bridgehead atoms. The van der Waals surface area contributed by atoms with Gasteiger partial charge >= 0.3 is 0 Å². The molecule has 0 unspecified atom stereocenters. The molecule has 5 nitrogen and oxygen atoms in total. The molecule has 0 saturated carbocycles. The summed E-state index contributed by atoms with van der Waals surface area (Å²) in [5, 5.41) is 0. The van der Waals surface area contributed by atoms with Crippen LogP contribution in [0, 0.1) is 0 Å². The average Bonchev–Trinajstić information content (AvgIpc) is 2.55. The summed E-state index contributed by atoms with van der Waals surface area (Å²) in [7, 11) is 0. The lowest BCUT2D eigenvalue weighted by atomic mass is 10.2. The molecule has 0 atom stereocenters. The largest absolute Gasteiger partial charge is 0.486 e.